The third-order valence-electron chi connectivity index (χ3n) is 2.93. The number of carbonyl (C=O) groups is 1. The van der Waals surface area contributed by atoms with Gasteiger partial charge in [0.15, 0.2) is 0 Å². The first-order valence-electron chi connectivity index (χ1n) is 6.62. The van der Waals surface area contributed by atoms with Crippen LogP contribution < -0.4 is 11.1 Å². The van der Waals surface area contributed by atoms with Crippen LogP contribution in [0.3, 0.4) is 0 Å². The zero-order chi connectivity index (χ0) is 14.4. The lowest BCUT2D eigenvalue weighted by Gasteiger charge is -2.15. The second kappa shape index (κ2) is 7.07. The number of nitrogens with two attached hydrogens (primary N) is 1. The summed E-state index contributed by atoms with van der Waals surface area (Å²) < 4.78 is 13.0. The molecule has 1 aromatic heterocycles. The molecule has 1 unspecified atom stereocenters. The zero-order valence-electron chi connectivity index (χ0n) is 11.7. The summed E-state index contributed by atoms with van der Waals surface area (Å²) in [6.07, 6.45) is 4.07. The quantitative estimate of drug-likeness (QED) is 0.832. The summed E-state index contributed by atoms with van der Waals surface area (Å²) >= 11 is 0. The molecule has 0 aliphatic rings. The van der Waals surface area contributed by atoms with Gasteiger partial charge in [0.2, 0.25) is 0 Å². The molecule has 4 nitrogen and oxygen atoms in total. The molecule has 1 aromatic rings. The van der Waals surface area contributed by atoms with Crippen molar-refractivity contribution < 1.29 is 9.18 Å². The molecule has 0 aliphatic carbocycles. The molecule has 0 fully saturated rings. The van der Waals surface area contributed by atoms with Crippen molar-refractivity contribution in [3.05, 3.63) is 23.6 Å². The number of rotatable bonds is 6. The van der Waals surface area contributed by atoms with Gasteiger partial charge in [-0.1, -0.05) is 26.7 Å². The smallest absolute Gasteiger partial charge is 0.255 e. The third-order valence-corrected chi connectivity index (χ3v) is 2.93. The molecule has 0 radical (unpaired) electrons. The summed E-state index contributed by atoms with van der Waals surface area (Å²) in [5.41, 5.74) is 5.66. The Morgan fingerprint density at radius 2 is 2.11 bits per heavy atom. The van der Waals surface area contributed by atoms with Gasteiger partial charge in [-0.3, -0.25) is 4.79 Å². The normalized spacial score (nSPS) is 12.5. The molecule has 1 amide bonds. The van der Waals surface area contributed by atoms with E-state index in [0.29, 0.717) is 5.92 Å². The highest BCUT2D eigenvalue weighted by Crippen LogP contribution is 2.12. The number of hydrogen-bond donors (Lipinski definition) is 2. The average Bonchev–Trinajstić information content (AvgIpc) is 2.31. The van der Waals surface area contributed by atoms with E-state index in [4.69, 9.17) is 5.73 Å². The van der Waals surface area contributed by atoms with Gasteiger partial charge in [0.1, 0.15) is 11.6 Å². The molecule has 19 heavy (non-hydrogen) atoms. The Labute approximate surface area is 113 Å². The predicted octanol–water partition coefficient (Wildman–Crippen LogP) is 2.75. The van der Waals surface area contributed by atoms with Gasteiger partial charge in [-0.25, -0.2) is 9.37 Å². The van der Waals surface area contributed by atoms with Gasteiger partial charge in [-0.15, -0.1) is 0 Å². The van der Waals surface area contributed by atoms with Crippen molar-refractivity contribution in [2.24, 2.45) is 5.92 Å². The molecule has 1 heterocycles. The number of hydrogen-bond acceptors (Lipinski definition) is 3. The predicted molar refractivity (Wildman–Crippen MR) is 74.2 cm³/mol. The fourth-order valence-electron chi connectivity index (χ4n) is 1.84. The Kier molecular flexibility index (Phi) is 5.73. The number of halogens is 1. The molecule has 1 atom stereocenters. The molecule has 106 valence electrons. The molecule has 0 spiro atoms. The van der Waals surface area contributed by atoms with Crippen LogP contribution in [-0.2, 0) is 0 Å². The molecule has 3 N–H and O–H groups in total. The monoisotopic (exact) mass is 267 g/mol. The van der Waals surface area contributed by atoms with E-state index >= 15 is 0 Å². The second-order valence-corrected chi connectivity index (χ2v) is 5.29. The van der Waals surface area contributed by atoms with E-state index in [-0.39, 0.29) is 23.3 Å². The molecule has 0 aliphatic heterocycles. The zero-order valence-corrected chi connectivity index (χ0v) is 11.7. The van der Waals surface area contributed by atoms with Gasteiger partial charge in [0.05, 0.1) is 11.8 Å². The highest BCUT2D eigenvalue weighted by molar-refractivity contribution is 5.98. The topological polar surface area (TPSA) is 68.0 Å². The Balaban J connectivity index is 2.52. The summed E-state index contributed by atoms with van der Waals surface area (Å²) in [5.74, 6) is -0.229. The lowest BCUT2D eigenvalue weighted by atomic mass is 10.0. The van der Waals surface area contributed by atoms with E-state index in [1.807, 2.05) is 6.92 Å². The van der Waals surface area contributed by atoms with Crippen LogP contribution in [0.1, 0.15) is 50.4 Å². The summed E-state index contributed by atoms with van der Waals surface area (Å²) in [7, 11) is 0. The Morgan fingerprint density at radius 3 is 2.74 bits per heavy atom. The Morgan fingerprint density at radius 1 is 1.42 bits per heavy atom. The van der Waals surface area contributed by atoms with Gasteiger partial charge >= 0.3 is 0 Å². The van der Waals surface area contributed by atoms with E-state index in [1.54, 1.807) is 0 Å². The van der Waals surface area contributed by atoms with Crippen LogP contribution in [0.25, 0.3) is 0 Å². The number of aromatic nitrogens is 1. The maximum absolute atomic E-state index is 13.0. The van der Waals surface area contributed by atoms with Gasteiger partial charge in [0, 0.05) is 6.04 Å². The summed E-state index contributed by atoms with van der Waals surface area (Å²) in [6, 6.07) is 1.15. The standard InChI is InChI=1S/C14H22FN3O/c1-9(2)5-4-6-10(3)18-14(19)12-7-11(15)8-17-13(12)16/h7-10H,4-6H2,1-3H3,(H2,16,17)(H,18,19). The Hall–Kier alpha value is -1.65. The number of pyridine rings is 1. The van der Waals surface area contributed by atoms with Crippen LogP contribution in [-0.4, -0.2) is 16.9 Å². The maximum atomic E-state index is 13.0. The van der Waals surface area contributed by atoms with Crippen LogP contribution in [0, 0.1) is 11.7 Å². The molecule has 0 bridgehead atoms. The van der Waals surface area contributed by atoms with Crippen molar-refractivity contribution in [2.45, 2.75) is 46.1 Å². The van der Waals surface area contributed by atoms with E-state index in [2.05, 4.69) is 24.1 Å². The molecule has 0 saturated heterocycles. The van der Waals surface area contributed by atoms with E-state index in [9.17, 15) is 9.18 Å². The first kappa shape index (κ1) is 15.4. The van der Waals surface area contributed by atoms with Crippen molar-refractivity contribution in [3.8, 4) is 0 Å². The minimum absolute atomic E-state index is 0.0360. The van der Waals surface area contributed by atoms with Gasteiger partial charge in [0.25, 0.3) is 5.91 Å². The summed E-state index contributed by atoms with van der Waals surface area (Å²) in [4.78, 5) is 15.6. The molecule has 0 saturated carbocycles. The first-order chi connectivity index (χ1) is 8.90. The number of nitrogens with one attached hydrogen (secondary N) is 1. The van der Waals surface area contributed by atoms with Crippen molar-refractivity contribution in [1.82, 2.24) is 10.3 Å². The minimum atomic E-state index is -0.563. The SMILES string of the molecule is CC(C)CCCC(C)NC(=O)c1cc(F)cnc1N. The van der Waals surface area contributed by atoms with E-state index in [1.165, 1.54) is 0 Å². The first-order valence-corrected chi connectivity index (χ1v) is 6.62. The van der Waals surface area contributed by atoms with Crippen LogP contribution in [0.4, 0.5) is 10.2 Å². The second-order valence-electron chi connectivity index (χ2n) is 5.29. The van der Waals surface area contributed by atoms with Gasteiger partial charge < -0.3 is 11.1 Å². The highest BCUT2D eigenvalue weighted by atomic mass is 19.1. The van der Waals surface area contributed by atoms with Crippen LogP contribution in [0.5, 0.6) is 0 Å². The molecular formula is C14H22FN3O. The van der Waals surface area contributed by atoms with Crippen LogP contribution in [0.15, 0.2) is 12.3 Å². The van der Waals surface area contributed by atoms with Crippen molar-refractivity contribution in [2.75, 3.05) is 5.73 Å². The average molecular weight is 267 g/mol. The minimum Gasteiger partial charge on any atom is -0.383 e. The van der Waals surface area contributed by atoms with Gasteiger partial charge in [-0.2, -0.15) is 0 Å². The number of carbonyl (C=O) groups excluding carboxylic acids is 1. The van der Waals surface area contributed by atoms with Crippen molar-refractivity contribution in [3.63, 3.8) is 0 Å². The van der Waals surface area contributed by atoms with E-state index in [0.717, 1.165) is 31.5 Å². The molecule has 0 aromatic carbocycles. The maximum Gasteiger partial charge on any atom is 0.255 e. The Bertz CT molecular complexity index is 435. The summed E-state index contributed by atoms with van der Waals surface area (Å²) in [5, 5.41) is 2.81. The van der Waals surface area contributed by atoms with Crippen LogP contribution in [0.2, 0.25) is 0 Å². The molecule has 1 rings (SSSR count). The highest BCUT2D eigenvalue weighted by Gasteiger charge is 2.14. The van der Waals surface area contributed by atoms with Crippen LogP contribution >= 0.6 is 0 Å². The lowest BCUT2D eigenvalue weighted by Crippen LogP contribution is -2.33. The third kappa shape index (κ3) is 5.24. The van der Waals surface area contributed by atoms with Crippen molar-refractivity contribution >= 4 is 11.7 Å². The number of nitrogen functional groups attached to an aromatic ring is 1. The van der Waals surface area contributed by atoms with Crippen molar-refractivity contribution in [1.29, 1.82) is 0 Å². The van der Waals surface area contributed by atoms with Gasteiger partial charge in [-0.05, 0) is 25.3 Å². The fraction of sp³-hybridized carbons (Fsp3) is 0.571. The van der Waals surface area contributed by atoms with E-state index < -0.39 is 5.82 Å². The number of nitrogens with zero attached hydrogens (tertiary/aromatic N) is 1. The number of anilines is 1. The largest absolute Gasteiger partial charge is 0.383 e. The molecular weight excluding hydrogens is 245 g/mol. The number of amides is 1. The molecule has 5 heteroatoms. The fourth-order valence-corrected chi connectivity index (χ4v) is 1.84. The summed E-state index contributed by atoms with van der Waals surface area (Å²) in [6.45, 7) is 6.27. The lowest BCUT2D eigenvalue weighted by molar-refractivity contribution is 0.0938.